The molecular weight excluding hydrogens is 332 g/mol. The van der Waals surface area contributed by atoms with E-state index in [1.54, 1.807) is 25.3 Å². The maximum atomic E-state index is 12.3. The lowest BCUT2D eigenvalue weighted by Crippen LogP contribution is -2.36. The first kappa shape index (κ1) is 16.5. The monoisotopic (exact) mass is 352 g/mol. The number of H-pyrrole nitrogens is 1. The number of hydrogen-bond donors (Lipinski definition) is 1. The van der Waals surface area contributed by atoms with Gasteiger partial charge in [0.05, 0.1) is 31.2 Å². The Hall–Kier alpha value is -2.93. The van der Waals surface area contributed by atoms with E-state index < -0.39 is 0 Å². The fourth-order valence-corrected chi connectivity index (χ4v) is 3.07. The van der Waals surface area contributed by atoms with Crippen molar-refractivity contribution in [3.8, 4) is 5.75 Å². The Labute approximate surface area is 150 Å². The molecule has 3 aromatic rings. The number of methoxy groups -OCH3 is 1. The van der Waals surface area contributed by atoms with Gasteiger partial charge in [-0.2, -0.15) is 0 Å². The number of hydrogen-bond acceptors (Lipinski definition) is 6. The number of fused-ring (bicyclic) bond motifs is 1. The van der Waals surface area contributed by atoms with Crippen molar-refractivity contribution in [2.24, 2.45) is 0 Å². The van der Waals surface area contributed by atoms with Gasteiger partial charge in [0.15, 0.2) is 0 Å². The van der Waals surface area contributed by atoms with E-state index in [1.807, 2.05) is 18.3 Å². The average Bonchev–Trinajstić information content (AvgIpc) is 2.69. The number of nitrogens with zero attached hydrogens (tertiary/aromatic N) is 3. The maximum Gasteiger partial charge on any atom is 0.258 e. The lowest BCUT2D eigenvalue weighted by molar-refractivity contribution is 0.122. The van der Waals surface area contributed by atoms with Crippen molar-refractivity contribution in [2.75, 3.05) is 38.3 Å². The van der Waals surface area contributed by atoms with Crippen LogP contribution in [0.5, 0.6) is 5.75 Å². The third-order valence-electron chi connectivity index (χ3n) is 4.48. The van der Waals surface area contributed by atoms with E-state index in [0.717, 1.165) is 37.7 Å². The number of aromatic nitrogens is 3. The highest BCUT2D eigenvalue weighted by Crippen LogP contribution is 2.17. The van der Waals surface area contributed by atoms with Crippen LogP contribution in [0.3, 0.4) is 0 Å². The van der Waals surface area contributed by atoms with Crippen LogP contribution in [0, 0.1) is 0 Å². The molecule has 3 heterocycles. The summed E-state index contributed by atoms with van der Waals surface area (Å²) in [5.41, 5.74) is 1.49. The van der Waals surface area contributed by atoms with E-state index in [9.17, 15) is 4.79 Å². The van der Waals surface area contributed by atoms with Crippen molar-refractivity contribution < 1.29 is 9.47 Å². The van der Waals surface area contributed by atoms with Gasteiger partial charge in [-0.3, -0.25) is 4.79 Å². The molecule has 1 aliphatic heterocycles. The molecule has 0 saturated carbocycles. The minimum atomic E-state index is -0.165. The van der Waals surface area contributed by atoms with Gasteiger partial charge in [0, 0.05) is 25.7 Å². The largest absolute Gasteiger partial charge is 0.497 e. The van der Waals surface area contributed by atoms with Crippen LogP contribution in [-0.4, -0.2) is 48.4 Å². The van der Waals surface area contributed by atoms with Crippen molar-refractivity contribution in [1.29, 1.82) is 0 Å². The molecule has 0 radical (unpaired) electrons. The van der Waals surface area contributed by atoms with E-state index in [1.165, 1.54) is 0 Å². The highest BCUT2D eigenvalue weighted by Gasteiger charge is 2.12. The van der Waals surface area contributed by atoms with Gasteiger partial charge in [-0.05, 0) is 29.8 Å². The number of rotatable bonds is 4. The molecule has 1 fully saturated rings. The van der Waals surface area contributed by atoms with Gasteiger partial charge in [0.2, 0.25) is 0 Å². The molecule has 0 amide bonds. The molecule has 1 aliphatic rings. The summed E-state index contributed by atoms with van der Waals surface area (Å²) < 4.78 is 10.5. The fourth-order valence-electron chi connectivity index (χ4n) is 3.07. The molecule has 1 N–H and O–H groups in total. The Kier molecular flexibility index (Phi) is 4.53. The molecule has 1 aromatic carbocycles. The number of ether oxygens (including phenoxy) is 2. The minimum absolute atomic E-state index is 0.165. The number of aromatic amines is 1. The number of benzene rings is 1. The van der Waals surface area contributed by atoms with Crippen molar-refractivity contribution in [3.05, 3.63) is 58.3 Å². The SMILES string of the molecule is COc1ccc2nc(Cc3ccc(N4CCOCC4)nc3)[nH]c(=O)c2c1. The highest BCUT2D eigenvalue weighted by atomic mass is 16.5. The summed E-state index contributed by atoms with van der Waals surface area (Å²) in [4.78, 5) is 26.5. The maximum absolute atomic E-state index is 12.3. The lowest BCUT2D eigenvalue weighted by atomic mass is 10.2. The predicted octanol–water partition coefficient (Wildman–Crippen LogP) is 1.75. The first-order valence-corrected chi connectivity index (χ1v) is 8.57. The van der Waals surface area contributed by atoms with Crippen molar-refractivity contribution in [1.82, 2.24) is 15.0 Å². The first-order chi connectivity index (χ1) is 12.7. The molecule has 2 aromatic heterocycles. The minimum Gasteiger partial charge on any atom is -0.497 e. The lowest BCUT2D eigenvalue weighted by Gasteiger charge is -2.27. The van der Waals surface area contributed by atoms with Crippen LogP contribution in [0.1, 0.15) is 11.4 Å². The van der Waals surface area contributed by atoms with Crippen molar-refractivity contribution in [3.63, 3.8) is 0 Å². The van der Waals surface area contributed by atoms with Crippen LogP contribution in [0.4, 0.5) is 5.82 Å². The normalized spacial score (nSPS) is 14.6. The number of morpholine rings is 1. The summed E-state index contributed by atoms with van der Waals surface area (Å²) >= 11 is 0. The summed E-state index contributed by atoms with van der Waals surface area (Å²) in [5, 5.41) is 0.522. The molecule has 7 nitrogen and oxygen atoms in total. The quantitative estimate of drug-likeness (QED) is 0.771. The van der Waals surface area contributed by atoms with Gasteiger partial charge in [0.1, 0.15) is 17.4 Å². The van der Waals surface area contributed by atoms with Crippen LogP contribution >= 0.6 is 0 Å². The van der Waals surface area contributed by atoms with E-state index in [0.29, 0.717) is 28.9 Å². The zero-order valence-corrected chi connectivity index (χ0v) is 14.6. The van der Waals surface area contributed by atoms with Crippen LogP contribution in [0.25, 0.3) is 10.9 Å². The molecule has 7 heteroatoms. The standard InChI is InChI=1S/C19H20N4O3/c1-25-14-3-4-16-15(11-14)19(24)22-17(21-16)10-13-2-5-18(20-12-13)23-6-8-26-9-7-23/h2-5,11-12H,6-10H2,1H3,(H,21,22,24). The summed E-state index contributed by atoms with van der Waals surface area (Å²) in [6.07, 6.45) is 2.36. The second-order valence-electron chi connectivity index (χ2n) is 6.20. The second-order valence-corrected chi connectivity index (χ2v) is 6.20. The highest BCUT2D eigenvalue weighted by molar-refractivity contribution is 5.79. The Bertz CT molecular complexity index is 963. The molecule has 0 spiro atoms. The van der Waals surface area contributed by atoms with Crippen LogP contribution in [0.15, 0.2) is 41.3 Å². The molecule has 0 atom stereocenters. The van der Waals surface area contributed by atoms with E-state index in [4.69, 9.17) is 9.47 Å². The van der Waals surface area contributed by atoms with E-state index in [-0.39, 0.29) is 5.56 Å². The second kappa shape index (κ2) is 7.13. The average molecular weight is 352 g/mol. The molecular formula is C19H20N4O3. The summed E-state index contributed by atoms with van der Waals surface area (Å²) in [7, 11) is 1.57. The molecule has 0 unspecified atom stereocenters. The van der Waals surface area contributed by atoms with Crippen LogP contribution in [0.2, 0.25) is 0 Å². The summed E-state index contributed by atoms with van der Waals surface area (Å²) in [5.74, 6) is 2.21. The Morgan fingerprint density at radius 3 is 2.81 bits per heavy atom. The van der Waals surface area contributed by atoms with Gasteiger partial charge in [0.25, 0.3) is 5.56 Å². The van der Waals surface area contributed by atoms with Crippen molar-refractivity contribution in [2.45, 2.75) is 6.42 Å². The number of nitrogens with one attached hydrogen (secondary N) is 1. The summed E-state index contributed by atoms with van der Waals surface area (Å²) in [6.45, 7) is 3.18. The van der Waals surface area contributed by atoms with Gasteiger partial charge in [-0.25, -0.2) is 9.97 Å². The molecule has 4 rings (SSSR count). The Morgan fingerprint density at radius 1 is 1.23 bits per heavy atom. The number of anilines is 1. The zero-order chi connectivity index (χ0) is 17.9. The Balaban J connectivity index is 1.56. The van der Waals surface area contributed by atoms with Gasteiger partial charge in [-0.1, -0.05) is 6.07 Å². The van der Waals surface area contributed by atoms with Gasteiger partial charge in [-0.15, -0.1) is 0 Å². The molecule has 0 aliphatic carbocycles. The van der Waals surface area contributed by atoms with E-state index in [2.05, 4.69) is 19.9 Å². The topological polar surface area (TPSA) is 80.3 Å². The van der Waals surface area contributed by atoms with E-state index >= 15 is 0 Å². The third-order valence-corrected chi connectivity index (χ3v) is 4.48. The zero-order valence-electron chi connectivity index (χ0n) is 14.6. The van der Waals surface area contributed by atoms with Crippen LogP contribution in [-0.2, 0) is 11.2 Å². The predicted molar refractivity (Wildman–Crippen MR) is 99.0 cm³/mol. The van der Waals surface area contributed by atoms with Gasteiger partial charge >= 0.3 is 0 Å². The third kappa shape index (κ3) is 3.39. The molecule has 0 bridgehead atoms. The number of pyridine rings is 1. The van der Waals surface area contributed by atoms with Crippen molar-refractivity contribution >= 4 is 16.7 Å². The summed E-state index contributed by atoms with van der Waals surface area (Å²) in [6, 6.07) is 9.33. The van der Waals surface area contributed by atoms with Gasteiger partial charge < -0.3 is 19.4 Å². The fraction of sp³-hybridized carbons (Fsp3) is 0.316. The molecule has 134 valence electrons. The first-order valence-electron chi connectivity index (χ1n) is 8.57. The van der Waals surface area contributed by atoms with Crippen LogP contribution < -0.4 is 15.2 Å². The Morgan fingerprint density at radius 2 is 2.08 bits per heavy atom. The smallest absolute Gasteiger partial charge is 0.258 e. The molecule has 1 saturated heterocycles. The molecule has 26 heavy (non-hydrogen) atoms.